The van der Waals surface area contributed by atoms with Crippen LogP contribution in [0.2, 0.25) is 0 Å². The van der Waals surface area contributed by atoms with E-state index >= 15 is 0 Å². The summed E-state index contributed by atoms with van der Waals surface area (Å²) in [4.78, 5) is 34.4. The first-order valence-corrected chi connectivity index (χ1v) is 6.09. The number of benzene rings is 1. The van der Waals surface area contributed by atoms with Crippen LogP contribution in [0.1, 0.15) is 34.6 Å². The maximum Gasteiger partial charge on any atom is 0.337 e. The molecule has 0 aromatic heterocycles. The van der Waals surface area contributed by atoms with Gasteiger partial charge in [-0.15, -0.1) is 0 Å². The quantitative estimate of drug-likeness (QED) is 0.793. The summed E-state index contributed by atoms with van der Waals surface area (Å²) in [5, 5.41) is 11.5. The number of hydrogen-bond acceptors (Lipinski definition) is 4. The summed E-state index contributed by atoms with van der Waals surface area (Å²) in [5.74, 6) is -2.45. The van der Waals surface area contributed by atoms with Crippen LogP contribution >= 0.6 is 0 Å². The molecule has 1 aromatic rings. The number of esters is 1. The molecule has 0 aliphatic heterocycles. The van der Waals surface area contributed by atoms with Crippen molar-refractivity contribution in [2.45, 2.75) is 19.9 Å². The van der Waals surface area contributed by atoms with Crippen molar-refractivity contribution in [1.82, 2.24) is 5.32 Å². The van der Waals surface area contributed by atoms with E-state index in [1.807, 2.05) is 0 Å². The van der Waals surface area contributed by atoms with Crippen LogP contribution in [0.25, 0.3) is 0 Å². The lowest BCUT2D eigenvalue weighted by Gasteiger charge is -2.18. The Morgan fingerprint density at radius 3 is 2.30 bits per heavy atom. The summed E-state index contributed by atoms with van der Waals surface area (Å²) in [5.41, 5.74) is 0.441. The van der Waals surface area contributed by atoms with Gasteiger partial charge < -0.3 is 15.2 Å². The monoisotopic (exact) mass is 279 g/mol. The standard InChI is InChI=1S/C14H17NO5/c1-8(2)11(13(17)18)15-12(16)9-5-4-6-10(7-9)14(19)20-3/h4-8,11H,1-3H3,(H,15,16)(H,17,18)/t11-/m1/s1. The molecule has 0 heterocycles. The second kappa shape index (κ2) is 6.70. The van der Waals surface area contributed by atoms with Crippen molar-refractivity contribution in [2.24, 2.45) is 5.92 Å². The molecule has 6 nitrogen and oxygen atoms in total. The Kier molecular flexibility index (Phi) is 5.25. The van der Waals surface area contributed by atoms with Gasteiger partial charge in [-0.25, -0.2) is 9.59 Å². The Morgan fingerprint density at radius 2 is 1.80 bits per heavy atom. The van der Waals surface area contributed by atoms with Gasteiger partial charge >= 0.3 is 11.9 Å². The fraction of sp³-hybridized carbons (Fsp3) is 0.357. The number of carbonyl (C=O) groups is 3. The number of amides is 1. The minimum absolute atomic E-state index is 0.208. The Labute approximate surface area is 116 Å². The molecule has 1 aromatic carbocycles. The minimum atomic E-state index is -1.10. The van der Waals surface area contributed by atoms with Gasteiger partial charge in [-0.05, 0) is 24.1 Å². The third kappa shape index (κ3) is 3.81. The topological polar surface area (TPSA) is 92.7 Å². The second-order valence-electron chi connectivity index (χ2n) is 4.61. The van der Waals surface area contributed by atoms with Crippen molar-refractivity contribution in [3.05, 3.63) is 35.4 Å². The molecule has 6 heteroatoms. The lowest BCUT2D eigenvalue weighted by molar-refractivity contribution is -0.140. The van der Waals surface area contributed by atoms with Crippen molar-refractivity contribution in [2.75, 3.05) is 7.11 Å². The van der Waals surface area contributed by atoms with E-state index in [1.165, 1.54) is 31.4 Å². The number of rotatable bonds is 5. The number of hydrogen-bond donors (Lipinski definition) is 2. The van der Waals surface area contributed by atoms with Crippen LogP contribution in [0.5, 0.6) is 0 Å². The van der Waals surface area contributed by atoms with E-state index < -0.39 is 23.9 Å². The molecule has 1 rings (SSSR count). The predicted octanol–water partition coefficient (Wildman–Crippen LogP) is 1.31. The summed E-state index contributed by atoms with van der Waals surface area (Å²) < 4.78 is 4.56. The Morgan fingerprint density at radius 1 is 1.20 bits per heavy atom. The van der Waals surface area contributed by atoms with Crippen LogP contribution in [-0.4, -0.2) is 36.1 Å². The molecule has 0 radical (unpaired) electrons. The summed E-state index contributed by atoms with van der Waals surface area (Å²) in [6.07, 6.45) is 0. The zero-order valence-electron chi connectivity index (χ0n) is 11.5. The summed E-state index contributed by atoms with van der Waals surface area (Å²) in [6, 6.07) is 4.93. The molecule has 0 aliphatic rings. The zero-order valence-corrected chi connectivity index (χ0v) is 11.5. The molecule has 1 atom stereocenters. The smallest absolute Gasteiger partial charge is 0.337 e. The Hall–Kier alpha value is -2.37. The third-order valence-corrected chi connectivity index (χ3v) is 2.77. The summed E-state index contributed by atoms with van der Waals surface area (Å²) in [7, 11) is 1.24. The molecule has 0 fully saturated rings. The number of carbonyl (C=O) groups excluding carboxylic acids is 2. The number of carboxylic acids is 1. The number of carboxylic acid groups (broad SMARTS) is 1. The first-order chi connectivity index (χ1) is 9.36. The molecule has 0 bridgehead atoms. The van der Waals surface area contributed by atoms with Crippen LogP contribution in [0.15, 0.2) is 24.3 Å². The van der Waals surface area contributed by atoms with E-state index in [0.717, 1.165) is 0 Å². The number of ether oxygens (including phenoxy) is 1. The maximum absolute atomic E-state index is 12.0. The van der Waals surface area contributed by atoms with Crippen molar-refractivity contribution in [3.8, 4) is 0 Å². The molecule has 108 valence electrons. The van der Waals surface area contributed by atoms with E-state index in [4.69, 9.17) is 5.11 Å². The van der Waals surface area contributed by atoms with Crippen molar-refractivity contribution in [1.29, 1.82) is 0 Å². The van der Waals surface area contributed by atoms with Crippen LogP contribution in [0.3, 0.4) is 0 Å². The van der Waals surface area contributed by atoms with Crippen LogP contribution in [0, 0.1) is 5.92 Å². The number of methoxy groups -OCH3 is 1. The van der Waals surface area contributed by atoms with Gasteiger partial charge in [-0.2, -0.15) is 0 Å². The van der Waals surface area contributed by atoms with Crippen LogP contribution < -0.4 is 5.32 Å². The highest BCUT2D eigenvalue weighted by Crippen LogP contribution is 2.09. The fourth-order valence-electron chi connectivity index (χ4n) is 1.64. The highest BCUT2D eigenvalue weighted by atomic mass is 16.5. The van der Waals surface area contributed by atoms with Crippen molar-refractivity contribution in [3.63, 3.8) is 0 Å². The molecule has 0 spiro atoms. The Balaban J connectivity index is 2.92. The molecule has 2 N–H and O–H groups in total. The minimum Gasteiger partial charge on any atom is -0.480 e. The average molecular weight is 279 g/mol. The maximum atomic E-state index is 12.0. The van der Waals surface area contributed by atoms with Crippen LogP contribution in [0.4, 0.5) is 0 Å². The fourth-order valence-corrected chi connectivity index (χ4v) is 1.64. The second-order valence-corrected chi connectivity index (χ2v) is 4.61. The third-order valence-electron chi connectivity index (χ3n) is 2.77. The van der Waals surface area contributed by atoms with Gasteiger partial charge in [-0.3, -0.25) is 4.79 Å². The Bertz CT molecular complexity index is 524. The molecular formula is C14H17NO5. The first kappa shape index (κ1) is 15.7. The molecule has 0 unspecified atom stereocenters. The van der Waals surface area contributed by atoms with Gasteiger partial charge in [-0.1, -0.05) is 19.9 Å². The van der Waals surface area contributed by atoms with Gasteiger partial charge in [0.2, 0.25) is 0 Å². The molecule has 1 amide bonds. The van der Waals surface area contributed by atoms with Gasteiger partial charge in [0.15, 0.2) is 0 Å². The molecule has 0 saturated carbocycles. The highest BCUT2D eigenvalue weighted by Gasteiger charge is 2.24. The highest BCUT2D eigenvalue weighted by molar-refractivity contribution is 5.99. The van der Waals surface area contributed by atoms with Crippen LogP contribution in [-0.2, 0) is 9.53 Å². The van der Waals surface area contributed by atoms with Gasteiger partial charge in [0.05, 0.1) is 12.7 Å². The number of nitrogens with one attached hydrogen (secondary N) is 1. The largest absolute Gasteiger partial charge is 0.480 e. The molecular weight excluding hydrogens is 262 g/mol. The van der Waals surface area contributed by atoms with Gasteiger partial charge in [0, 0.05) is 5.56 Å². The molecule has 0 saturated heterocycles. The lowest BCUT2D eigenvalue weighted by atomic mass is 10.0. The van der Waals surface area contributed by atoms with E-state index in [-0.39, 0.29) is 17.0 Å². The summed E-state index contributed by atoms with van der Waals surface area (Å²) >= 11 is 0. The van der Waals surface area contributed by atoms with Gasteiger partial charge in [0.25, 0.3) is 5.91 Å². The van der Waals surface area contributed by atoms with E-state index in [0.29, 0.717) is 0 Å². The van der Waals surface area contributed by atoms with Gasteiger partial charge in [0.1, 0.15) is 6.04 Å². The SMILES string of the molecule is COC(=O)c1cccc(C(=O)N[C@@H](C(=O)O)C(C)C)c1. The number of aliphatic carboxylic acids is 1. The zero-order chi connectivity index (χ0) is 15.3. The van der Waals surface area contributed by atoms with Crippen molar-refractivity contribution < 1.29 is 24.2 Å². The lowest BCUT2D eigenvalue weighted by Crippen LogP contribution is -2.44. The van der Waals surface area contributed by atoms with Crippen molar-refractivity contribution >= 4 is 17.8 Å². The summed E-state index contributed by atoms with van der Waals surface area (Å²) in [6.45, 7) is 3.40. The average Bonchev–Trinajstić information content (AvgIpc) is 2.42. The molecule has 20 heavy (non-hydrogen) atoms. The van der Waals surface area contributed by atoms with E-state index in [2.05, 4.69) is 10.1 Å². The van der Waals surface area contributed by atoms with E-state index in [1.54, 1.807) is 13.8 Å². The van der Waals surface area contributed by atoms with E-state index in [9.17, 15) is 14.4 Å². The molecule has 0 aliphatic carbocycles. The predicted molar refractivity (Wildman–Crippen MR) is 71.5 cm³/mol. The normalized spacial score (nSPS) is 11.8. The first-order valence-electron chi connectivity index (χ1n) is 6.09.